The van der Waals surface area contributed by atoms with Crippen molar-refractivity contribution in [3.05, 3.63) is 79.8 Å². The predicted octanol–water partition coefficient (Wildman–Crippen LogP) is 6.06. The van der Waals surface area contributed by atoms with Gasteiger partial charge in [-0.15, -0.1) is 0 Å². The molecule has 41 heavy (non-hydrogen) atoms. The molecule has 2 heterocycles. The molecule has 0 spiro atoms. The van der Waals surface area contributed by atoms with E-state index in [0.29, 0.717) is 36.5 Å². The number of fused-ring (bicyclic) bond motifs is 1. The maximum Gasteiger partial charge on any atom is 0.416 e. The van der Waals surface area contributed by atoms with E-state index in [9.17, 15) is 32.9 Å². The first-order valence-corrected chi connectivity index (χ1v) is 12.8. The van der Waals surface area contributed by atoms with Gasteiger partial charge in [0.05, 0.1) is 22.0 Å². The molecule has 0 saturated heterocycles. The first kappa shape index (κ1) is 29.6. The lowest BCUT2D eigenvalue weighted by Gasteiger charge is -2.29. The Kier molecular flexibility index (Phi) is 7.83. The molecule has 1 aliphatic rings. The van der Waals surface area contributed by atoms with Gasteiger partial charge in [-0.05, 0) is 69.0 Å². The average Bonchev–Trinajstić information content (AvgIpc) is 2.89. The lowest BCUT2D eigenvalue weighted by atomic mass is 9.98. The minimum atomic E-state index is -4.78. The topological polar surface area (TPSA) is 120 Å². The number of anilines is 1. The number of carbonyl (C=O) groups is 1. The number of rotatable bonds is 5. The van der Waals surface area contributed by atoms with Crippen LogP contribution in [0.3, 0.4) is 0 Å². The van der Waals surface area contributed by atoms with Gasteiger partial charge in [-0.3, -0.25) is 14.7 Å². The maximum atomic E-state index is 13.4. The number of alkyl halides is 3. The summed E-state index contributed by atoms with van der Waals surface area (Å²) < 4.78 is 47.1. The van der Waals surface area contributed by atoms with Gasteiger partial charge in [0.1, 0.15) is 11.4 Å². The van der Waals surface area contributed by atoms with Gasteiger partial charge >= 0.3 is 18.0 Å². The van der Waals surface area contributed by atoms with Crippen LogP contribution in [0.15, 0.2) is 47.3 Å². The molecule has 0 bridgehead atoms. The molecule has 0 saturated carbocycles. The van der Waals surface area contributed by atoms with Crippen molar-refractivity contribution in [2.75, 3.05) is 18.4 Å². The molecule has 0 radical (unpaired) electrons. The molecule has 0 unspecified atom stereocenters. The molecule has 0 aliphatic carbocycles. The van der Waals surface area contributed by atoms with Crippen LogP contribution >= 0.6 is 0 Å². The number of aryl methyl sites for hydroxylation is 1. The molecule has 1 amide bonds. The van der Waals surface area contributed by atoms with Gasteiger partial charge in [0.15, 0.2) is 0 Å². The number of carbonyl (C=O) groups excluding carboxylic acids is 1. The van der Waals surface area contributed by atoms with Gasteiger partial charge in [-0.1, -0.05) is 12.1 Å². The summed E-state index contributed by atoms with van der Waals surface area (Å²) in [6.45, 7) is 7.72. The maximum absolute atomic E-state index is 13.4. The van der Waals surface area contributed by atoms with Crippen molar-refractivity contribution in [1.82, 2.24) is 14.5 Å². The third-order valence-electron chi connectivity index (χ3n) is 6.67. The van der Waals surface area contributed by atoms with Crippen molar-refractivity contribution in [3.8, 4) is 0 Å². The fourth-order valence-electron chi connectivity index (χ4n) is 4.53. The van der Waals surface area contributed by atoms with Crippen molar-refractivity contribution in [3.63, 3.8) is 0 Å². The fraction of sp³-hybridized carbons (Fsp3) is 0.393. The first-order valence-electron chi connectivity index (χ1n) is 12.8. The van der Waals surface area contributed by atoms with E-state index in [-0.39, 0.29) is 11.4 Å². The average molecular weight is 574 g/mol. The van der Waals surface area contributed by atoms with Gasteiger partial charge < -0.3 is 15.0 Å². The van der Waals surface area contributed by atoms with Crippen LogP contribution in [-0.4, -0.2) is 44.2 Å². The summed E-state index contributed by atoms with van der Waals surface area (Å²) in [6.07, 6.45) is -2.71. The van der Waals surface area contributed by atoms with Gasteiger partial charge in [0.25, 0.3) is 5.69 Å². The van der Waals surface area contributed by atoms with Crippen molar-refractivity contribution in [2.45, 2.75) is 51.9 Å². The standard InChI is InChI=1S/C28H30F3N5O5/c1-16(19-12-20(28(29,30)31)15-21(13-19)36(39)40)32-24-22-14-18(6-7-23(22)34(5)25(37)33-24)17-8-10-35(11-9-17)26(38)41-27(2,3)4/h6-8,12-16H,9-11H2,1-5H3,(H,32,33,37)/t16-/m1/s1. The lowest BCUT2D eigenvalue weighted by molar-refractivity contribution is -0.385. The summed E-state index contributed by atoms with van der Waals surface area (Å²) in [4.78, 5) is 41.1. The van der Waals surface area contributed by atoms with E-state index in [4.69, 9.17) is 4.74 Å². The number of hydrogen-bond acceptors (Lipinski definition) is 7. The molecule has 2 aromatic carbocycles. The molecule has 1 N–H and O–H groups in total. The van der Waals surface area contributed by atoms with E-state index >= 15 is 0 Å². The Morgan fingerprint density at radius 3 is 2.46 bits per heavy atom. The highest BCUT2D eigenvalue weighted by Crippen LogP contribution is 2.35. The van der Waals surface area contributed by atoms with Crippen LogP contribution in [0.4, 0.5) is 29.5 Å². The number of nitro groups is 1. The zero-order chi connectivity index (χ0) is 30.3. The Balaban J connectivity index is 1.68. The fourth-order valence-corrected chi connectivity index (χ4v) is 4.53. The number of nitro benzene ring substituents is 1. The van der Waals surface area contributed by atoms with Crippen LogP contribution < -0.4 is 11.0 Å². The number of aromatic nitrogens is 2. The highest BCUT2D eigenvalue weighted by atomic mass is 19.4. The van der Waals surface area contributed by atoms with Gasteiger partial charge in [0.2, 0.25) is 0 Å². The van der Waals surface area contributed by atoms with E-state index in [2.05, 4.69) is 10.3 Å². The number of ether oxygens (including phenoxy) is 1. The Labute approximate surface area is 233 Å². The zero-order valence-corrected chi connectivity index (χ0v) is 23.2. The molecule has 3 aromatic rings. The lowest BCUT2D eigenvalue weighted by Crippen LogP contribution is -2.39. The summed E-state index contributed by atoms with van der Waals surface area (Å²) in [6, 6.07) is 6.93. The van der Waals surface area contributed by atoms with E-state index in [0.717, 1.165) is 23.3 Å². The summed E-state index contributed by atoms with van der Waals surface area (Å²) in [5, 5.41) is 14.8. The normalized spacial score (nSPS) is 14.9. The molecule has 0 fully saturated rings. The Hall–Kier alpha value is -4.42. The Bertz CT molecular complexity index is 1610. The highest BCUT2D eigenvalue weighted by molar-refractivity contribution is 5.92. The van der Waals surface area contributed by atoms with Crippen LogP contribution in [0.5, 0.6) is 0 Å². The number of amides is 1. The molecule has 1 atom stereocenters. The van der Waals surface area contributed by atoms with E-state index in [1.54, 1.807) is 38.8 Å². The third kappa shape index (κ3) is 6.67. The number of non-ortho nitro benzene ring substituents is 1. The molecule has 13 heteroatoms. The number of hydrogen-bond donors (Lipinski definition) is 1. The van der Waals surface area contributed by atoms with Crippen LogP contribution in [0, 0.1) is 10.1 Å². The third-order valence-corrected chi connectivity index (χ3v) is 6.67. The van der Waals surface area contributed by atoms with E-state index < -0.39 is 45.8 Å². The molecular weight excluding hydrogens is 543 g/mol. The number of nitrogens with zero attached hydrogens (tertiary/aromatic N) is 4. The van der Waals surface area contributed by atoms with Crippen molar-refractivity contribution in [1.29, 1.82) is 0 Å². The van der Waals surface area contributed by atoms with Crippen molar-refractivity contribution in [2.24, 2.45) is 7.05 Å². The van der Waals surface area contributed by atoms with Crippen LogP contribution in [0.2, 0.25) is 0 Å². The number of nitrogens with one attached hydrogen (secondary N) is 1. The minimum Gasteiger partial charge on any atom is -0.444 e. The van der Waals surface area contributed by atoms with Crippen molar-refractivity contribution < 1.29 is 27.6 Å². The smallest absolute Gasteiger partial charge is 0.416 e. The molecule has 4 rings (SSSR count). The Morgan fingerprint density at radius 1 is 1.17 bits per heavy atom. The summed E-state index contributed by atoms with van der Waals surface area (Å²) in [7, 11) is 1.55. The van der Waals surface area contributed by atoms with E-state index in [1.807, 2.05) is 18.2 Å². The van der Waals surface area contributed by atoms with E-state index in [1.165, 1.54) is 11.5 Å². The Morgan fingerprint density at radius 2 is 1.88 bits per heavy atom. The number of halogens is 3. The summed E-state index contributed by atoms with van der Waals surface area (Å²) in [5.74, 6) is 0.129. The van der Waals surface area contributed by atoms with Crippen LogP contribution in [0.1, 0.15) is 56.8 Å². The van der Waals surface area contributed by atoms with Gasteiger partial charge in [-0.25, -0.2) is 9.59 Å². The first-order chi connectivity index (χ1) is 19.0. The second-order valence-electron chi connectivity index (χ2n) is 10.9. The van der Waals surface area contributed by atoms with Crippen LogP contribution in [-0.2, 0) is 18.0 Å². The SMILES string of the molecule is C[C@@H](Nc1nc(=O)n(C)c2ccc(C3=CCN(C(=O)OC(C)(C)C)CC3)cc12)c1cc([N+](=O)[O-])cc(C(F)(F)F)c1. The van der Waals surface area contributed by atoms with Gasteiger partial charge in [0, 0.05) is 37.7 Å². The van der Waals surface area contributed by atoms with Crippen LogP contribution in [0.25, 0.3) is 16.5 Å². The largest absolute Gasteiger partial charge is 0.444 e. The summed E-state index contributed by atoms with van der Waals surface area (Å²) >= 11 is 0. The molecule has 1 aliphatic heterocycles. The molecular formula is C28H30F3N5O5. The quantitative estimate of drug-likeness (QED) is 0.291. The summed E-state index contributed by atoms with van der Waals surface area (Å²) in [5.41, 5.74) is -0.704. The van der Waals surface area contributed by atoms with Crippen molar-refractivity contribution >= 4 is 34.1 Å². The number of benzene rings is 2. The second-order valence-corrected chi connectivity index (χ2v) is 10.9. The molecule has 10 nitrogen and oxygen atoms in total. The predicted molar refractivity (Wildman–Crippen MR) is 148 cm³/mol. The molecule has 218 valence electrons. The second kappa shape index (κ2) is 10.9. The van der Waals surface area contributed by atoms with Gasteiger partial charge in [-0.2, -0.15) is 18.2 Å². The molecule has 1 aromatic heterocycles. The zero-order valence-electron chi connectivity index (χ0n) is 23.2. The highest BCUT2D eigenvalue weighted by Gasteiger charge is 2.33. The monoisotopic (exact) mass is 573 g/mol. The minimum absolute atomic E-state index is 0.00975.